The van der Waals surface area contributed by atoms with Crippen molar-refractivity contribution < 1.29 is 5.11 Å². The van der Waals surface area contributed by atoms with Crippen molar-refractivity contribution in [2.24, 2.45) is 0 Å². The van der Waals surface area contributed by atoms with Crippen molar-refractivity contribution in [1.29, 1.82) is 0 Å². The molecule has 2 aromatic heterocycles. The van der Waals surface area contributed by atoms with Crippen LogP contribution in [0.4, 0.5) is 0 Å². The zero-order chi connectivity index (χ0) is 12.3. The molecule has 17 heavy (non-hydrogen) atoms. The van der Waals surface area contributed by atoms with Gasteiger partial charge in [-0.2, -0.15) is 5.10 Å². The van der Waals surface area contributed by atoms with Gasteiger partial charge in [0.1, 0.15) is 11.1 Å². The van der Waals surface area contributed by atoms with E-state index in [1.807, 2.05) is 10.1 Å². The Bertz CT molecular complexity index is 464. The number of hydrogen-bond acceptors (Lipinski definition) is 4. The lowest BCUT2D eigenvalue weighted by atomic mass is 10.2. The van der Waals surface area contributed by atoms with Gasteiger partial charge in [-0.15, -0.1) is 11.3 Å². The second-order valence-corrected chi connectivity index (χ2v) is 4.81. The molecule has 1 atom stereocenters. The average Bonchev–Trinajstić information content (AvgIpc) is 2.97. The SMILES string of the molecule is CCc1cc(CC(O)c2nccs2)n(CC)n1. The molecule has 2 aromatic rings. The summed E-state index contributed by atoms with van der Waals surface area (Å²) in [7, 11) is 0. The van der Waals surface area contributed by atoms with Crippen LogP contribution in [0.1, 0.15) is 36.3 Å². The summed E-state index contributed by atoms with van der Waals surface area (Å²) in [4.78, 5) is 4.13. The van der Waals surface area contributed by atoms with E-state index in [4.69, 9.17) is 0 Å². The number of aryl methyl sites for hydroxylation is 2. The number of hydrogen-bond donors (Lipinski definition) is 1. The average molecular weight is 251 g/mol. The molecule has 1 unspecified atom stereocenters. The van der Waals surface area contributed by atoms with Crippen LogP contribution in [0.3, 0.4) is 0 Å². The van der Waals surface area contributed by atoms with Gasteiger partial charge in [0, 0.05) is 30.2 Å². The second kappa shape index (κ2) is 5.42. The van der Waals surface area contributed by atoms with Gasteiger partial charge in [0.25, 0.3) is 0 Å². The minimum Gasteiger partial charge on any atom is -0.386 e. The summed E-state index contributed by atoms with van der Waals surface area (Å²) in [6.45, 7) is 4.98. The first-order valence-corrected chi connectivity index (χ1v) is 6.75. The van der Waals surface area contributed by atoms with E-state index >= 15 is 0 Å². The van der Waals surface area contributed by atoms with Crippen molar-refractivity contribution in [3.8, 4) is 0 Å². The Balaban J connectivity index is 2.15. The monoisotopic (exact) mass is 251 g/mol. The molecular formula is C12H17N3OS. The Kier molecular flexibility index (Phi) is 3.91. The number of nitrogens with zero attached hydrogens (tertiary/aromatic N) is 3. The van der Waals surface area contributed by atoms with Crippen molar-refractivity contribution in [2.45, 2.75) is 39.3 Å². The zero-order valence-electron chi connectivity index (χ0n) is 10.1. The summed E-state index contributed by atoms with van der Waals surface area (Å²) in [6.07, 6.45) is 2.70. The molecule has 5 heteroatoms. The summed E-state index contributed by atoms with van der Waals surface area (Å²) in [6, 6.07) is 2.07. The molecule has 0 aliphatic heterocycles. The Morgan fingerprint density at radius 2 is 2.29 bits per heavy atom. The van der Waals surface area contributed by atoms with Gasteiger partial charge in [-0.05, 0) is 19.4 Å². The van der Waals surface area contributed by atoms with Gasteiger partial charge in [-0.1, -0.05) is 6.92 Å². The summed E-state index contributed by atoms with van der Waals surface area (Å²) in [5, 5.41) is 17.2. The van der Waals surface area contributed by atoms with Gasteiger partial charge < -0.3 is 5.11 Å². The first-order chi connectivity index (χ1) is 8.24. The van der Waals surface area contributed by atoms with Gasteiger partial charge in [0.15, 0.2) is 0 Å². The van der Waals surface area contributed by atoms with Crippen LogP contribution in [0.2, 0.25) is 0 Å². The van der Waals surface area contributed by atoms with E-state index in [2.05, 4.69) is 30.0 Å². The molecule has 0 bridgehead atoms. The highest BCUT2D eigenvalue weighted by molar-refractivity contribution is 7.09. The number of aliphatic hydroxyl groups is 1. The Morgan fingerprint density at radius 1 is 1.47 bits per heavy atom. The quantitative estimate of drug-likeness (QED) is 0.886. The molecule has 0 saturated heterocycles. The van der Waals surface area contributed by atoms with Crippen LogP contribution < -0.4 is 0 Å². The molecule has 0 aromatic carbocycles. The third-order valence-electron chi connectivity index (χ3n) is 2.71. The van der Waals surface area contributed by atoms with Gasteiger partial charge in [0.2, 0.25) is 0 Å². The molecule has 0 saturated carbocycles. The number of rotatable bonds is 5. The van der Waals surface area contributed by atoms with Crippen molar-refractivity contribution in [3.63, 3.8) is 0 Å². The van der Waals surface area contributed by atoms with E-state index in [0.717, 1.165) is 29.4 Å². The zero-order valence-corrected chi connectivity index (χ0v) is 10.9. The summed E-state index contributed by atoms with van der Waals surface area (Å²) < 4.78 is 1.95. The highest BCUT2D eigenvalue weighted by Crippen LogP contribution is 2.20. The van der Waals surface area contributed by atoms with E-state index in [1.54, 1.807) is 6.20 Å². The standard InChI is InChI=1S/C12H17N3OS/c1-3-9-7-10(15(4-2)14-9)8-11(16)12-13-5-6-17-12/h5-7,11,16H,3-4,8H2,1-2H3. The lowest BCUT2D eigenvalue weighted by molar-refractivity contribution is 0.175. The fourth-order valence-corrected chi connectivity index (χ4v) is 2.43. The van der Waals surface area contributed by atoms with Crippen molar-refractivity contribution in [1.82, 2.24) is 14.8 Å². The van der Waals surface area contributed by atoms with Crippen LogP contribution in [0.25, 0.3) is 0 Å². The Morgan fingerprint density at radius 3 is 2.88 bits per heavy atom. The first kappa shape index (κ1) is 12.3. The molecule has 0 radical (unpaired) electrons. The molecular weight excluding hydrogens is 234 g/mol. The van der Waals surface area contributed by atoms with Crippen LogP contribution in [0.5, 0.6) is 0 Å². The maximum absolute atomic E-state index is 10.1. The van der Waals surface area contributed by atoms with Crippen molar-refractivity contribution in [2.75, 3.05) is 0 Å². The van der Waals surface area contributed by atoms with Gasteiger partial charge in [0.05, 0.1) is 5.69 Å². The summed E-state index contributed by atoms with van der Waals surface area (Å²) >= 11 is 1.49. The van der Waals surface area contributed by atoms with E-state index in [0.29, 0.717) is 6.42 Å². The molecule has 1 N–H and O–H groups in total. The van der Waals surface area contributed by atoms with Gasteiger partial charge in [-0.25, -0.2) is 4.98 Å². The molecule has 92 valence electrons. The Hall–Kier alpha value is -1.20. The predicted molar refractivity (Wildman–Crippen MR) is 68.1 cm³/mol. The lowest BCUT2D eigenvalue weighted by Crippen LogP contribution is -2.08. The minimum absolute atomic E-state index is 0.526. The third kappa shape index (κ3) is 2.73. The summed E-state index contributed by atoms with van der Waals surface area (Å²) in [5.74, 6) is 0. The highest BCUT2D eigenvalue weighted by Gasteiger charge is 2.14. The first-order valence-electron chi connectivity index (χ1n) is 5.87. The van der Waals surface area contributed by atoms with Crippen LogP contribution in [-0.2, 0) is 19.4 Å². The van der Waals surface area contributed by atoms with E-state index in [1.165, 1.54) is 11.3 Å². The van der Waals surface area contributed by atoms with Crippen LogP contribution in [0, 0.1) is 0 Å². The molecule has 4 nitrogen and oxygen atoms in total. The van der Waals surface area contributed by atoms with E-state index in [-0.39, 0.29) is 0 Å². The van der Waals surface area contributed by atoms with Crippen LogP contribution >= 0.6 is 11.3 Å². The normalized spacial score (nSPS) is 12.9. The molecule has 2 rings (SSSR count). The van der Waals surface area contributed by atoms with E-state index in [9.17, 15) is 5.11 Å². The smallest absolute Gasteiger partial charge is 0.122 e. The lowest BCUT2D eigenvalue weighted by Gasteiger charge is -2.08. The van der Waals surface area contributed by atoms with E-state index < -0.39 is 6.10 Å². The molecule has 0 amide bonds. The Labute approximate surface area is 105 Å². The topological polar surface area (TPSA) is 50.9 Å². The van der Waals surface area contributed by atoms with Crippen LogP contribution in [0.15, 0.2) is 17.6 Å². The number of thiazole rings is 1. The maximum atomic E-state index is 10.1. The van der Waals surface area contributed by atoms with Crippen LogP contribution in [-0.4, -0.2) is 19.9 Å². The number of aromatic nitrogens is 3. The van der Waals surface area contributed by atoms with Crippen molar-refractivity contribution in [3.05, 3.63) is 34.0 Å². The molecule has 0 spiro atoms. The fourth-order valence-electron chi connectivity index (χ4n) is 1.81. The maximum Gasteiger partial charge on any atom is 0.122 e. The van der Waals surface area contributed by atoms with Crippen molar-refractivity contribution >= 4 is 11.3 Å². The fraction of sp³-hybridized carbons (Fsp3) is 0.500. The predicted octanol–water partition coefficient (Wildman–Crippen LogP) is 2.20. The molecule has 0 fully saturated rings. The summed E-state index contributed by atoms with van der Waals surface area (Å²) in [5.41, 5.74) is 2.15. The van der Waals surface area contributed by atoms with Gasteiger partial charge in [-0.3, -0.25) is 4.68 Å². The largest absolute Gasteiger partial charge is 0.386 e. The highest BCUT2D eigenvalue weighted by atomic mass is 32.1. The number of aliphatic hydroxyl groups excluding tert-OH is 1. The molecule has 2 heterocycles. The minimum atomic E-state index is -0.526. The molecule has 0 aliphatic carbocycles. The van der Waals surface area contributed by atoms with Gasteiger partial charge >= 0.3 is 0 Å². The third-order valence-corrected chi connectivity index (χ3v) is 3.59. The molecule has 0 aliphatic rings. The second-order valence-electron chi connectivity index (χ2n) is 3.89.